The number of aliphatic imine (C=N–C) groups is 1. The molecule has 0 radical (unpaired) electrons. The number of allylic oxidation sites excluding steroid dienone is 2. The average Bonchev–Trinajstić information content (AvgIpc) is 2.81. The highest BCUT2D eigenvalue weighted by Crippen LogP contribution is 2.03. The van der Waals surface area contributed by atoms with Crippen LogP contribution in [-0.4, -0.2) is 22.2 Å². The Labute approximate surface area is 104 Å². The first-order chi connectivity index (χ1) is 8.63. The summed E-state index contributed by atoms with van der Waals surface area (Å²) in [7, 11) is 0. The lowest BCUT2D eigenvalue weighted by atomic mass is 10.3. The summed E-state index contributed by atoms with van der Waals surface area (Å²) in [6.07, 6.45) is 5.57. The van der Waals surface area contributed by atoms with Gasteiger partial charge >= 0.3 is 0 Å². The van der Waals surface area contributed by atoms with E-state index in [0.29, 0.717) is 5.84 Å². The molecule has 6 heteroatoms. The molecule has 94 valence electrons. The molecule has 0 atom stereocenters. The third-order valence-electron chi connectivity index (χ3n) is 2.55. The summed E-state index contributed by atoms with van der Waals surface area (Å²) in [6, 6.07) is 0. The number of halogens is 1. The Bertz CT molecular complexity index is 650. The summed E-state index contributed by atoms with van der Waals surface area (Å²) in [4.78, 5) is 8.29. The third kappa shape index (κ3) is 2.22. The van der Waals surface area contributed by atoms with E-state index in [9.17, 15) is 4.39 Å². The van der Waals surface area contributed by atoms with Crippen molar-refractivity contribution >= 4 is 11.9 Å². The highest BCUT2D eigenvalue weighted by Gasteiger charge is 2.06. The largest absolute Gasteiger partial charge is 0.381 e. The molecular formula is C12H14FN5. The van der Waals surface area contributed by atoms with E-state index < -0.39 is 5.83 Å². The summed E-state index contributed by atoms with van der Waals surface area (Å²) >= 11 is 0. The smallest absolute Gasteiger partial charge is 0.164 e. The zero-order valence-electron chi connectivity index (χ0n) is 10.1. The molecule has 1 aromatic rings. The number of nitrogens with zero attached hydrogens (tertiary/aromatic N) is 4. The number of hydrogen-bond acceptors (Lipinski definition) is 4. The predicted octanol–water partition coefficient (Wildman–Crippen LogP) is 0.237. The van der Waals surface area contributed by atoms with Crippen LogP contribution in [0.3, 0.4) is 0 Å². The molecule has 1 aromatic heterocycles. The predicted molar refractivity (Wildman–Crippen MR) is 68.0 cm³/mol. The molecule has 2 heterocycles. The topological polar surface area (TPSA) is 68.6 Å². The molecular weight excluding hydrogens is 233 g/mol. The van der Waals surface area contributed by atoms with E-state index in [-0.39, 0.29) is 5.82 Å². The van der Waals surface area contributed by atoms with Crippen molar-refractivity contribution in [2.45, 2.75) is 13.3 Å². The summed E-state index contributed by atoms with van der Waals surface area (Å²) in [6.45, 7) is 5.77. The molecule has 0 fully saturated rings. The van der Waals surface area contributed by atoms with Crippen LogP contribution >= 0.6 is 0 Å². The maximum Gasteiger partial charge on any atom is 0.164 e. The Kier molecular flexibility index (Phi) is 3.36. The lowest BCUT2D eigenvalue weighted by Crippen LogP contribution is -2.35. The second-order valence-corrected chi connectivity index (χ2v) is 3.80. The molecule has 1 aliphatic heterocycles. The van der Waals surface area contributed by atoms with Gasteiger partial charge in [0.2, 0.25) is 0 Å². The van der Waals surface area contributed by atoms with Crippen LogP contribution in [0.4, 0.5) is 4.39 Å². The molecule has 0 aromatic carbocycles. The second kappa shape index (κ2) is 4.95. The Morgan fingerprint density at radius 1 is 1.67 bits per heavy atom. The van der Waals surface area contributed by atoms with Gasteiger partial charge in [-0.05, 0) is 19.4 Å². The molecule has 0 amide bonds. The van der Waals surface area contributed by atoms with Crippen LogP contribution < -0.4 is 16.4 Å². The maximum absolute atomic E-state index is 13.1. The monoisotopic (exact) mass is 247 g/mol. The first kappa shape index (κ1) is 12.2. The number of fused-ring (bicyclic) bond motifs is 1. The van der Waals surface area contributed by atoms with Gasteiger partial charge in [0.05, 0.1) is 11.5 Å². The molecule has 5 nitrogen and oxygen atoms in total. The molecule has 0 unspecified atom stereocenters. The SMILES string of the molecule is C=C/C(F)=C(/N)N=C(C)n1ncc2c1=CCCN=2. The first-order valence-corrected chi connectivity index (χ1v) is 5.55. The van der Waals surface area contributed by atoms with Crippen LogP contribution in [0.15, 0.2) is 40.5 Å². The Morgan fingerprint density at radius 3 is 3.17 bits per heavy atom. The van der Waals surface area contributed by atoms with Crippen LogP contribution in [0.2, 0.25) is 0 Å². The summed E-state index contributed by atoms with van der Waals surface area (Å²) in [5.74, 6) is -0.373. The van der Waals surface area contributed by atoms with E-state index >= 15 is 0 Å². The standard InChI is InChI=1S/C12H14FN5/c1-3-9(13)12(14)17-8(2)18-11-5-4-6-15-10(11)7-16-18/h3,5,7H,1,4,6,14H2,2H3/b12-9+,17-8?. The molecule has 2 N–H and O–H groups in total. The molecule has 0 saturated heterocycles. The van der Waals surface area contributed by atoms with E-state index in [1.807, 2.05) is 6.08 Å². The van der Waals surface area contributed by atoms with Crippen LogP contribution in [0.5, 0.6) is 0 Å². The summed E-state index contributed by atoms with van der Waals surface area (Å²) < 4.78 is 14.7. The van der Waals surface area contributed by atoms with Gasteiger partial charge in [-0.15, -0.1) is 0 Å². The van der Waals surface area contributed by atoms with Gasteiger partial charge in [0.25, 0.3) is 0 Å². The van der Waals surface area contributed by atoms with Gasteiger partial charge in [0.1, 0.15) is 11.2 Å². The van der Waals surface area contributed by atoms with Crippen molar-refractivity contribution in [1.29, 1.82) is 0 Å². The lowest BCUT2D eigenvalue weighted by Gasteiger charge is -2.03. The second-order valence-electron chi connectivity index (χ2n) is 3.80. The van der Waals surface area contributed by atoms with Crippen LogP contribution in [-0.2, 0) is 0 Å². The van der Waals surface area contributed by atoms with E-state index in [4.69, 9.17) is 5.73 Å². The van der Waals surface area contributed by atoms with Crippen molar-refractivity contribution in [3.63, 3.8) is 0 Å². The van der Waals surface area contributed by atoms with Crippen LogP contribution in [0.25, 0.3) is 6.08 Å². The minimum Gasteiger partial charge on any atom is -0.381 e. The van der Waals surface area contributed by atoms with E-state index in [1.54, 1.807) is 17.8 Å². The molecule has 0 aliphatic carbocycles. The quantitative estimate of drug-likeness (QED) is 0.462. The Hall–Kier alpha value is -2.24. The normalized spacial score (nSPS) is 16.2. The molecule has 18 heavy (non-hydrogen) atoms. The van der Waals surface area contributed by atoms with Gasteiger partial charge in [-0.1, -0.05) is 12.7 Å². The summed E-state index contributed by atoms with van der Waals surface area (Å²) in [5, 5.41) is 5.86. The van der Waals surface area contributed by atoms with Crippen molar-refractivity contribution < 1.29 is 4.39 Å². The molecule has 1 aliphatic rings. The highest BCUT2D eigenvalue weighted by molar-refractivity contribution is 5.82. The molecule has 0 saturated carbocycles. The van der Waals surface area contributed by atoms with Gasteiger partial charge in [-0.3, -0.25) is 4.99 Å². The lowest BCUT2D eigenvalue weighted by molar-refractivity contribution is 0.650. The Morgan fingerprint density at radius 2 is 2.44 bits per heavy atom. The van der Waals surface area contributed by atoms with Crippen molar-refractivity contribution in [1.82, 2.24) is 9.78 Å². The fraction of sp³-hybridized carbons (Fsp3) is 0.250. The number of rotatable bonds is 2. The fourth-order valence-corrected chi connectivity index (χ4v) is 1.69. The van der Waals surface area contributed by atoms with Crippen molar-refractivity contribution in [3.05, 3.63) is 41.2 Å². The number of hydrogen-bond donors (Lipinski definition) is 1. The average molecular weight is 247 g/mol. The van der Waals surface area contributed by atoms with Gasteiger partial charge in [-0.2, -0.15) is 5.10 Å². The number of nitrogens with two attached hydrogens (primary N) is 1. The maximum atomic E-state index is 13.1. The van der Waals surface area contributed by atoms with Crippen molar-refractivity contribution in [2.24, 2.45) is 15.7 Å². The zero-order valence-corrected chi connectivity index (χ0v) is 10.1. The molecule has 0 spiro atoms. The Balaban J connectivity index is 2.49. The van der Waals surface area contributed by atoms with E-state index in [0.717, 1.165) is 29.7 Å². The van der Waals surface area contributed by atoms with Crippen molar-refractivity contribution in [2.75, 3.05) is 6.54 Å². The highest BCUT2D eigenvalue weighted by atomic mass is 19.1. The number of aromatic nitrogens is 2. The zero-order chi connectivity index (χ0) is 13.1. The van der Waals surface area contributed by atoms with Gasteiger partial charge < -0.3 is 5.73 Å². The first-order valence-electron chi connectivity index (χ1n) is 5.55. The molecule has 0 bridgehead atoms. The van der Waals surface area contributed by atoms with Gasteiger partial charge in [-0.25, -0.2) is 14.1 Å². The minimum absolute atomic E-state index is 0.209. The fourth-order valence-electron chi connectivity index (χ4n) is 1.69. The summed E-state index contributed by atoms with van der Waals surface area (Å²) in [5.41, 5.74) is 5.48. The van der Waals surface area contributed by atoms with E-state index in [1.165, 1.54) is 0 Å². The van der Waals surface area contributed by atoms with E-state index in [2.05, 4.69) is 21.7 Å². The van der Waals surface area contributed by atoms with Crippen LogP contribution in [0.1, 0.15) is 13.3 Å². The van der Waals surface area contributed by atoms with Crippen LogP contribution in [0, 0.1) is 0 Å². The van der Waals surface area contributed by atoms with Gasteiger partial charge in [0, 0.05) is 6.54 Å². The third-order valence-corrected chi connectivity index (χ3v) is 2.55. The molecule has 2 rings (SSSR count). The van der Waals surface area contributed by atoms with Crippen molar-refractivity contribution in [3.8, 4) is 0 Å². The minimum atomic E-state index is -0.649. The van der Waals surface area contributed by atoms with Gasteiger partial charge in [0.15, 0.2) is 11.6 Å².